The van der Waals surface area contributed by atoms with Crippen molar-refractivity contribution < 1.29 is 9.47 Å². The minimum atomic E-state index is 0.0296. The normalized spacial score (nSPS) is 13.1. The van der Waals surface area contributed by atoms with Gasteiger partial charge in [0.25, 0.3) is 0 Å². The van der Waals surface area contributed by atoms with Gasteiger partial charge in [0, 0.05) is 28.7 Å². The van der Waals surface area contributed by atoms with Gasteiger partial charge in [-0.1, -0.05) is 24.9 Å². The molecule has 0 heterocycles. The molecule has 0 amide bonds. The van der Waals surface area contributed by atoms with E-state index in [-0.39, 0.29) is 11.6 Å². The number of hydrogen-bond donors (Lipinski definition) is 1. The zero-order chi connectivity index (χ0) is 16.0. The number of benzene rings is 1. The maximum Gasteiger partial charge on any atom is 0.166 e. The summed E-state index contributed by atoms with van der Waals surface area (Å²) in [5.74, 6) is 1.48. The van der Waals surface area contributed by atoms with E-state index in [1.54, 1.807) is 13.2 Å². The van der Waals surface area contributed by atoms with E-state index in [4.69, 9.17) is 21.1 Å². The molecule has 120 valence electrons. The molecule has 4 heteroatoms. The standard InChI is InChI=1S/C17H28ClNO2/c1-7-8-12(2)21-16-13(11-19-17(3,4)5)9-14(18)10-15(16)20-6/h9-10,12,19H,7-8,11H2,1-6H3. The number of halogens is 1. The SMILES string of the molecule is CCCC(C)Oc1c(CNC(C)(C)C)cc(Cl)cc1OC. The van der Waals surface area contributed by atoms with Crippen molar-refractivity contribution in [1.29, 1.82) is 0 Å². The first kappa shape index (κ1) is 18.1. The molecule has 0 aliphatic carbocycles. The second-order valence-corrected chi connectivity index (χ2v) is 6.85. The summed E-state index contributed by atoms with van der Waals surface area (Å²) in [5, 5.41) is 4.13. The van der Waals surface area contributed by atoms with Crippen LogP contribution < -0.4 is 14.8 Å². The second kappa shape index (κ2) is 7.90. The summed E-state index contributed by atoms with van der Waals surface area (Å²) in [4.78, 5) is 0. The van der Waals surface area contributed by atoms with E-state index < -0.39 is 0 Å². The van der Waals surface area contributed by atoms with Gasteiger partial charge >= 0.3 is 0 Å². The van der Waals surface area contributed by atoms with Crippen molar-refractivity contribution >= 4 is 11.6 Å². The average molecular weight is 314 g/mol. The zero-order valence-electron chi connectivity index (χ0n) is 14.0. The van der Waals surface area contributed by atoms with E-state index in [2.05, 4.69) is 39.9 Å². The molecule has 0 spiro atoms. The molecule has 0 saturated carbocycles. The highest BCUT2D eigenvalue weighted by Gasteiger charge is 2.17. The summed E-state index contributed by atoms with van der Waals surface area (Å²) < 4.78 is 11.5. The van der Waals surface area contributed by atoms with Crippen LogP contribution >= 0.6 is 11.6 Å². The monoisotopic (exact) mass is 313 g/mol. The Hall–Kier alpha value is -0.930. The Morgan fingerprint density at radius 2 is 1.95 bits per heavy atom. The minimum Gasteiger partial charge on any atom is -0.493 e. The van der Waals surface area contributed by atoms with Crippen LogP contribution in [-0.4, -0.2) is 18.8 Å². The van der Waals surface area contributed by atoms with Gasteiger partial charge in [-0.2, -0.15) is 0 Å². The van der Waals surface area contributed by atoms with Gasteiger partial charge in [-0.25, -0.2) is 0 Å². The summed E-state index contributed by atoms with van der Waals surface area (Å²) in [6.07, 6.45) is 2.25. The Labute approximate surface area is 134 Å². The van der Waals surface area contributed by atoms with Crippen LogP contribution in [0.2, 0.25) is 5.02 Å². The van der Waals surface area contributed by atoms with Gasteiger partial charge in [0.15, 0.2) is 11.5 Å². The Balaban J connectivity index is 3.05. The molecule has 0 aliphatic rings. The van der Waals surface area contributed by atoms with E-state index in [1.165, 1.54) is 0 Å². The summed E-state index contributed by atoms with van der Waals surface area (Å²) in [7, 11) is 1.64. The number of ether oxygens (including phenoxy) is 2. The summed E-state index contributed by atoms with van der Waals surface area (Å²) in [6.45, 7) is 11.3. The van der Waals surface area contributed by atoms with E-state index >= 15 is 0 Å². The lowest BCUT2D eigenvalue weighted by Gasteiger charge is -2.24. The largest absolute Gasteiger partial charge is 0.493 e. The summed E-state index contributed by atoms with van der Waals surface area (Å²) in [5.41, 5.74) is 1.05. The van der Waals surface area contributed by atoms with E-state index in [1.807, 2.05) is 6.07 Å². The molecule has 1 unspecified atom stereocenters. The summed E-state index contributed by atoms with van der Waals surface area (Å²) >= 11 is 6.19. The highest BCUT2D eigenvalue weighted by molar-refractivity contribution is 6.30. The molecule has 1 rings (SSSR count). The molecule has 1 atom stereocenters. The second-order valence-electron chi connectivity index (χ2n) is 6.42. The average Bonchev–Trinajstić information content (AvgIpc) is 2.37. The smallest absolute Gasteiger partial charge is 0.166 e. The number of rotatable bonds is 7. The highest BCUT2D eigenvalue weighted by Crippen LogP contribution is 2.36. The predicted octanol–water partition coefficient (Wildman–Crippen LogP) is 4.80. The van der Waals surface area contributed by atoms with Crippen LogP contribution in [0.1, 0.15) is 53.0 Å². The molecular weight excluding hydrogens is 286 g/mol. The first-order chi connectivity index (χ1) is 9.76. The van der Waals surface area contributed by atoms with Crippen LogP contribution in [0.15, 0.2) is 12.1 Å². The van der Waals surface area contributed by atoms with Crippen molar-refractivity contribution in [3.8, 4) is 11.5 Å². The molecule has 0 fully saturated rings. The van der Waals surface area contributed by atoms with E-state index in [0.717, 1.165) is 24.2 Å². The summed E-state index contributed by atoms with van der Waals surface area (Å²) in [6, 6.07) is 3.74. The van der Waals surface area contributed by atoms with Crippen LogP contribution in [-0.2, 0) is 6.54 Å². The molecule has 0 saturated heterocycles. The maximum atomic E-state index is 6.19. The lowest BCUT2D eigenvalue weighted by Crippen LogP contribution is -2.35. The molecule has 1 aromatic rings. The van der Waals surface area contributed by atoms with Gasteiger partial charge < -0.3 is 14.8 Å². The number of nitrogens with one attached hydrogen (secondary N) is 1. The van der Waals surface area contributed by atoms with E-state index in [9.17, 15) is 0 Å². The fraction of sp³-hybridized carbons (Fsp3) is 0.647. The Morgan fingerprint density at radius 3 is 2.48 bits per heavy atom. The third-order valence-electron chi connectivity index (χ3n) is 3.14. The topological polar surface area (TPSA) is 30.5 Å². The van der Waals surface area contributed by atoms with Crippen LogP contribution in [0.4, 0.5) is 0 Å². The van der Waals surface area contributed by atoms with Crippen LogP contribution in [0.3, 0.4) is 0 Å². The van der Waals surface area contributed by atoms with Gasteiger partial charge in [0.1, 0.15) is 0 Å². The quantitative estimate of drug-likeness (QED) is 0.784. The fourth-order valence-electron chi connectivity index (χ4n) is 2.07. The molecule has 0 radical (unpaired) electrons. The first-order valence-electron chi connectivity index (χ1n) is 7.55. The predicted molar refractivity (Wildman–Crippen MR) is 89.6 cm³/mol. The molecule has 1 N–H and O–H groups in total. The van der Waals surface area contributed by atoms with Gasteiger partial charge in [0.05, 0.1) is 13.2 Å². The molecule has 0 aliphatic heterocycles. The van der Waals surface area contributed by atoms with Gasteiger partial charge in [-0.15, -0.1) is 0 Å². The third-order valence-corrected chi connectivity index (χ3v) is 3.36. The van der Waals surface area contributed by atoms with Gasteiger partial charge in [-0.05, 0) is 40.2 Å². The Kier molecular flexibility index (Phi) is 6.82. The number of methoxy groups -OCH3 is 1. The lowest BCUT2D eigenvalue weighted by atomic mass is 10.1. The van der Waals surface area contributed by atoms with Gasteiger partial charge in [-0.3, -0.25) is 0 Å². The minimum absolute atomic E-state index is 0.0296. The van der Waals surface area contributed by atoms with Crippen LogP contribution in [0, 0.1) is 0 Å². The van der Waals surface area contributed by atoms with Crippen molar-refractivity contribution in [2.24, 2.45) is 0 Å². The van der Waals surface area contributed by atoms with Crippen molar-refractivity contribution in [2.45, 2.75) is 65.6 Å². The molecule has 21 heavy (non-hydrogen) atoms. The van der Waals surface area contributed by atoms with Crippen molar-refractivity contribution in [3.63, 3.8) is 0 Å². The maximum absolute atomic E-state index is 6.19. The number of hydrogen-bond acceptors (Lipinski definition) is 3. The van der Waals surface area contributed by atoms with Crippen LogP contribution in [0.25, 0.3) is 0 Å². The van der Waals surface area contributed by atoms with Crippen LogP contribution in [0.5, 0.6) is 11.5 Å². The third kappa shape index (κ3) is 6.15. The Bertz CT molecular complexity index is 455. The van der Waals surface area contributed by atoms with Gasteiger partial charge in [0.2, 0.25) is 0 Å². The van der Waals surface area contributed by atoms with Crippen molar-refractivity contribution in [3.05, 3.63) is 22.7 Å². The molecule has 3 nitrogen and oxygen atoms in total. The van der Waals surface area contributed by atoms with E-state index in [0.29, 0.717) is 17.3 Å². The Morgan fingerprint density at radius 1 is 1.29 bits per heavy atom. The molecular formula is C17H28ClNO2. The highest BCUT2D eigenvalue weighted by atomic mass is 35.5. The van der Waals surface area contributed by atoms with Crippen molar-refractivity contribution in [2.75, 3.05) is 7.11 Å². The first-order valence-corrected chi connectivity index (χ1v) is 7.92. The molecule has 0 bridgehead atoms. The van der Waals surface area contributed by atoms with Crippen molar-refractivity contribution in [1.82, 2.24) is 5.32 Å². The lowest BCUT2D eigenvalue weighted by molar-refractivity contribution is 0.198. The zero-order valence-corrected chi connectivity index (χ0v) is 14.8. The molecule has 1 aromatic carbocycles. The molecule has 0 aromatic heterocycles. The fourth-order valence-corrected chi connectivity index (χ4v) is 2.30.